The Bertz CT molecular complexity index is 1160. The minimum absolute atomic E-state index is 0.0708. The highest BCUT2D eigenvalue weighted by atomic mass is 16.5. The van der Waals surface area contributed by atoms with E-state index >= 15 is 0 Å². The molecule has 0 spiro atoms. The number of phenolic OH excluding ortho intramolecular Hbond substituents is 1. The van der Waals surface area contributed by atoms with Crippen LogP contribution in [0, 0.1) is 0 Å². The molecule has 6 heteroatoms. The molecule has 0 atom stereocenters. The van der Waals surface area contributed by atoms with E-state index < -0.39 is 17.5 Å². The highest BCUT2D eigenvalue weighted by Crippen LogP contribution is 2.40. The molecule has 1 aliphatic carbocycles. The second-order valence-electron chi connectivity index (χ2n) is 6.11. The largest absolute Gasteiger partial charge is 0.507 e. The minimum Gasteiger partial charge on any atom is -0.507 e. The number of fused-ring (bicyclic) bond motifs is 4. The Kier molecular flexibility index (Phi) is 3.70. The van der Waals surface area contributed by atoms with Gasteiger partial charge in [0.1, 0.15) is 11.5 Å². The van der Waals surface area contributed by atoms with Gasteiger partial charge in [-0.3, -0.25) is 9.59 Å². The van der Waals surface area contributed by atoms with Crippen LogP contribution in [0.4, 0.5) is 0 Å². The predicted octanol–water partition coefficient (Wildman–Crippen LogP) is 3.12. The van der Waals surface area contributed by atoms with E-state index in [1.807, 2.05) is 0 Å². The highest BCUT2D eigenvalue weighted by Gasteiger charge is 2.36. The number of carbonyl (C=O) groups is 3. The first-order valence-electron chi connectivity index (χ1n) is 8.12. The molecule has 0 bridgehead atoms. The third kappa shape index (κ3) is 2.30. The van der Waals surface area contributed by atoms with Crippen LogP contribution in [0.15, 0.2) is 42.5 Å². The lowest BCUT2D eigenvalue weighted by atomic mass is 9.80. The maximum atomic E-state index is 13.2. The fraction of sp³-hybridized carbons (Fsp3) is 0.0952. The number of carbonyl (C=O) groups excluding carboxylic acids is 3. The lowest BCUT2D eigenvalue weighted by molar-refractivity contribution is 0.0600. The molecule has 0 saturated carbocycles. The second-order valence-corrected chi connectivity index (χ2v) is 6.11. The molecule has 4 rings (SSSR count). The highest BCUT2D eigenvalue weighted by molar-refractivity contribution is 6.34. The molecular formula is C21H14O6. The van der Waals surface area contributed by atoms with Gasteiger partial charge in [-0.2, -0.15) is 0 Å². The van der Waals surface area contributed by atoms with Crippen LogP contribution < -0.4 is 4.74 Å². The van der Waals surface area contributed by atoms with Crippen molar-refractivity contribution in [3.8, 4) is 11.5 Å². The van der Waals surface area contributed by atoms with Crippen LogP contribution in [0.25, 0.3) is 10.8 Å². The Morgan fingerprint density at radius 1 is 0.926 bits per heavy atom. The summed E-state index contributed by atoms with van der Waals surface area (Å²) in [4.78, 5) is 38.2. The van der Waals surface area contributed by atoms with Crippen molar-refractivity contribution >= 4 is 28.3 Å². The van der Waals surface area contributed by atoms with Crippen molar-refractivity contribution < 1.29 is 29.0 Å². The number of hydrogen-bond donors (Lipinski definition) is 1. The van der Waals surface area contributed by atoms with Crippen molar-refractivity contribution in [2.24, 2.45) is 0 Å². The van der Waals surface area contributed by atoms with E-state index in [4.69, 9.17) is 9.47 Å². The molecule has 0 amide bonds. The monoisotopic (exact) mass is 362 g/mol. The van der Waals surface area contributed by atoms with Crippen LogP contribution in [-0.4, -0.2) is 36.9 Å². The van der Waals surface area contributed by atoms with Crippen LogP contribution in [-0.2, 0) is 4.74 Å². The number of aromatic hydroxyl groups is 1. The first-order chi connectivity index (χ1) is 13.0. The number of esters is 1. The summed E-state index contributed by atoms with van der Waals surface area (Å²) in [5, 5.41) is 11.4. The standard InChI is InChI=1S/C21H14O6/c1-26-15-5-3-4-12-16(15)20(24)18-14(22)9-10-6-7-11(21(25)27-2)8-13(10)17(18)19(12)23/h3-9,22H,1-2H3. The van der Waals surface area contributed by atoms with E-state index in [1.165, 1.54) is 32.4 Å². The molecule has 1 aliphatic rings. The van der Waals surface area contributed by atoms with Gasteiger partial charge in [-0.15, -0.1) is 0 Å². The topological polar surface area (TPSA) is 89.9 Å². The minimum atomic E-state index is -0.560. The van der Waals surface area contributed by atoms with Gasteiger partial charge < -0.3 is 14.6 Å². The summed E-state index contributed by atoms with van der Waals surface area (Å²) in [6, 6.07) is 10.8. The number of ether oxygens (including phenoxy) is 2. The zero-order chi connectivity index (χ0) is 19.3. The molecule has 0 radical (unpaired) electrons. The van der Waals surface area contributed by atoms with E-state index in [-0.39, 0.29) is 39.3 Å². The fourth-order valence-corrected chi connectivity index (χ4v) is 3.48. The second kappa shape index (κ2) is 5.95. The van der Waals surface area contributed by atoms with E-state index in [1.54, 1.807) is 24.3 Å². The van der Waals surface area contributed by atoms with Crippen molar-refractivity contribution in [1.29, 1.82) is 0 Å². The number of hydrogen-bond acceptors (Lipinski definition) is 6. The summed E-state index contributed by atoms with van der Waals surface area (Å²) in [6.45, 7) is 0. The van der Waals surface area contributed by atoms with Gasteiger partial charge in [0.05, 0.1) is 30.9 Å². The Balaban J connectivity index is 2.09. The number of phenols is 1. The molecule has 134 valence electrons. The summed E-state index contributed by atoms with van der Waals surface area (Å²) in [6.07, 6.45) is 0. The molecule has 1 N–H and O–H groups in total. The summed E-state index contributed by atoms with van der Waals surface area (Å²) in [7, 11) is 2.67. The number of rotatable bonds is 2. The number of methoxy groups -OCH3 is 2. The smallest absolute Gasteiger partial charge is 0.337 e. The summed E-state index contributed by atoms with van der Waals surface area (Å²) < 4.78 is 9.95. The molecule has 6 nitrogen and oxygen atoms in total. The molecule has 0 aliphatic heterocycles. The quantitative estimate of drug-likeness (QED) is 0.551. The lowest BCUT2D eigenvalue weighted by Gasteiger charge is -2.22. The maximum Gasteiger partial charge on any atom is 0.337 e. The van der Waals surface area contributed by atoms with E-state index in [2.05, 4.69) is 0 Å². The Morgan fingerprint density at radius 3 is 2.41 bits per heavy atom. The van der Waals surface area contributed by atoms with Crippen molar-refractivity contribution in [2.45, 2.75) is 0 Å². The van der Waals surface area contributed by atoms with Gasteiger partial charge in [0.15, 0.2) is 5.78 Å². The van der Waals surface area contributed by atoms with Crippen LogP contribution in [0.2, 0.25) is 0 Å². The molecule has 3 aromatic carbocycles. The predicted molar refractivity (Wildman–Crippen MR) is 96.8 cm³/mol. The van der Waals surface area contributed by atoms with E-state index in [0.717, 1.165) is 0 Å². The van der Waals surface area contributed by atoms with Gasteiger partial charge in [0.25, 0.3) is 0 Å². The van der Waals surface area contributed by atoms with Crippen LogP contribution in [0.5, 0.6) is 11.5 Å². The molecule has 0 aromatic heterocycles. The van der Waals surface area contributed by atoms with Gasteiger partial charge >= 0.3 is 5.97 Å². The molecular weight excluding hydrogens is 348 g/mol. The van der Waals surface area contributed by atoms with Crippen molar-refractivity contribution in [2.75, 3.05) is 14.2 Å². The zero-order valence-electron chi connectivity index (χ0n) is 14.5. The molecule has 3 aromatic rings. The molecule has 0 saturated heterocycles. The third-order valence-corrected chi connectivity index (χ3v) is 4.71. The Hall–Kier alpha value is -3.67. The Labute approximate surface area is 153 Å². The van der Waals surface area contributed by atoms with Crippen molar-refractivity contribution in [3.05, 3.63) is 70.3 Å². The van der Waals surface area contributed by atoms with E-state index in [9.17, 15) is 19.5 Å². The average molecular weight is 362 g/mol. The SMILES string of the molecule is COC(=O)c1ccc2cc(O)c3c(c2c1)C(=O)c1cccc(OC)c1C3=O. The zero-order valence-corrected chi connectivity index (χ0v) is 14.5. The van der Waals surface area contributed by atoms with Gasteiger partial charge in [-0.1, -0.05) is 18.2 Å². The summed E-state index contributed by atoms with van der Waals surface area (Å²) >= 11 is 0. The van der Waals surface area contributed by atoms with Gasteiger partial charge in [0, 0.05) is 11.1 Å². The molecule has 0 heterocycles. The van der Waals surface area contributed by atoms with Gasteiger partial charge in [-0.05, 0) is 35.0 Å². The third-order valence-electron chi connectivity index (χ3n) is 4.71. The van der Waals surface area contributed by atoms with Gasteiger partial charge in [0.2, 0.25) is 5.78 Å². The number of benzene rings is 3. The van der Waals surface area contributed by atoms with Crippen LogP contribution in [0.3, 0.4) is 0 Å². The molecule has 27 heavy (non-hydrogen) atoms. The summed E-state index contributed by atoms with van der Waals surface area (Å²) in [5.41, 5.74) is 0.543. The lowest BCUT2D eigenvalue weighted by Crippen LogP contribution is -2.22. The fourth-order valence-electron chi connectivity index (χ4n) is 3.48. The maximum absolute atomic E-state index is 13.2. The summed E-state index contributed by atoms with van der Waals surface area (Å²) in [5.74, 6) is -1.51. The molecule has 0 unspecified atom stereocenters. The van der Waals surface area contributed by atoms with Crippen LogP contribution >= 0.6 is 0 Å². The number of ketones is 2. The van der Waals surface area contributed by atoms with E-state index in [0.29, 0.717) is 10.8 Å². The normalized spacial score (nSPS) is 12.5. The average Bonchev–Trinajstić information content (AvgIpc) is 2.69. The van der Waals surface area contributed by atoms with Crippen molar-refractivity contribution in [3.63, 3.8) is 0 Å². The first-order valence-corrected chi connectivity index (χ1v) is 8.12. The van der Waals surface area contributed by atoms with Crippen molar-refractivity contribution in [1.82, 2.24) is 0 Å². The molecule has 0 fully saturated rings. The van der Waals surface area contributed by atoms with Crippen LogP contribution in [0.1, 0.15) is 42.2 Å². The first kappa shape index (κ1) is 16.8. The van der Waals surface area contributed by atoms with Gasteiger partial charge in [-0.25, -0.2) is 4.79 Å². The Morgan fingerprint density at radius 2 is 1.70 bits per heavy atom.